The molecular weight excluding hydrogens is 366 g/mol. The first kappa shape index (κ1) is 25.2. The summed E-state index contributed by atoms with van der Waals surface area (Å²) < 4.78 is 0. The lowest BCUT2D eigenvalue weighted by Crippen LogP contribution is -2.50. The fourth-order valence-corrected chi connectivity index (χ4v) is 3.25. The molecule has 1 rings (SSSR count). The Labute approximate surface area is 177 Å². The summed E-state index contributed by atoms with van der Waals surface area (Å²) in [5.74, 6) is 1.69. The van der Waals surface area contributed by atoms with Gasteiger partial charge in [-0.2, -0.15) is 0 Å². The van der Waals surface area contributed by atoms with Gasteiger partial charge in [0.15, 0.2) is 5.96 Å². The van der Waals surface area contributed by atoms with Crippen LogP contribution in [0.15, 0.2) is 4.99 Å². The van der Waals surface area contributed by atoms with Crippen LogP contribution in [-0.4, -0.2) is 72.9 Å². The van der Waals surface area contributed by atoms with Crippen LogP contribution in [-0.2, 0) is 9.59 Å². The van der Waals surface area contributed by atoms with E-state index < -0.39 is 0 Å². The first-order valence-electron chi connectivity index (χ1n) is 11.5. The molecule has 0 aliphatic carbocycles. The average Bonchev–Trinajstić information content (AvgIpc) is 2.69. The van der Waals surface area contributed by atoms with Gasteiger partial charge in [-0.15, -0.1) is 0 Å². The largest absolute Gasteiger partial charge is 0.357 e. The highest BCUT2D eigenvalue weighted by molar-refractivity contribution is 5.80. The van der Waals surface area contributed by atoms with E-state index in [4.69, 9.17) is 0 Å². The minimum atomic E-state index is 0.215. The van der Waals surface area contributed by atoms with Gasteiger partial charge in [0.25, 0.3) is 0 Å². The van der Waals surface area contributed by atoms with Crippen LogP contribution < -0.4 is 10.6 Å². The van der Waals surface area contributed by atoms with Crippen LogP contribution in [0, 0.1) is 5.92 Å². The maximum absolute atomic E-state index is 12.4. The topological polar surface area (TPSA) is 77.0 Å². The summed E-state index contributed by atoms with van der Waals surface area (Å²) in [6, 6.07) is 0.409. The van der Waals surface area contributed by atoms with Crippen molar-refractivity contribution in [2.75, 3.05) is 39.3 Å². The molecule has 2 amide bonds. The van der Waals surface area contributed by atoms with Gasteiger partial charge in [-0.25, -0.2) is 0 Å². The zero-order chi connectivity index (χ0) is 21.6. The second kappa shape index (κ2) is 14.2. The second-order valence-corrected chi connectivity index (χ2v) is 8.38. The molecule has 29 heavy (non-hydrogen) atoms. The molecule has 0 radical (unpaired) electrons. The summed E-state index contributed by atoms with van der Waals surface area (Å²) >= 11 is 0. The highest BCUT2D eigenvalue weighted by Crippen LogP contribution is 2.10. The van der Waals surface area contributed by atoms with Gasteiger partial charge in [-0.3, -0.25) is 14.6 Å². The Morgan fingerprint density at radius 1 is 0.931 bits per heavy atom. The van der Waals surface area contributed by atoms with Crippen molar-refractivity contribution >= 4 is 17.8 Å². The lowest BCUT2D eigenvalue weighted by molar-refractivity contribution is -0.140. The molecule has 1 fully saturated rings. The van der Waals surface area contributed by atoms with Gasteiger partial charge in [-0.05, 0) is 39.0 Å². The summed E-state index contributed by atoms with van der Waals surface area (Å²) in [7, 11) is 0. The Balaban J connectivity index is 2.21. The summed E-state index contributed by atoms with van der Waals surface area (Å²) in [5.41, 5.74) is 0. The third kappa shape index (κ3) is 10.5. The Morgan fingerprint density at radius 2 is 1.55 bits per heavy atom. The van der Waals surface area contributed by atoms with Crippen molar-refractivity contribution in [3.63, 3.8) is 0 Å². The quantitative estimate of drug-likeness (QED) is 0.312. The van der Waals surface area contributed by atoms with Crippen molar-refractivity contribution < 1.29 is 9.59 Å². The molecule has 168 valence electrons. The Hall–Kier alpha value is -1.79. The number of hydrogen-bond acceptors (Lipinski definition) is 3. The van der Waals surface area contributed by atoms with Crippen molar-refractivity contribution in [1.82, 2.24) is 20.4 Å². The predicted molar refractivity (Wildman–Crippen MR) is 120 cm³/mol. The van der Waals surface area contributed by atoms with E-state index in [1.165, 1.54) is 0 Å². The minimum absolute atomic E-state index is 0.215. The maximum atomic E-state index is 12.4. The number of guanidine groups is 1. The summed E-state index contributed by atoms with van der Waals surface area (Å²) in [6.45, 7) is 14.8. The Morgan fingerprint density at radius 3 is 2.10 bits per heavy atom. The van der Waals surface area contributed by atoms with E-state index in [2.05, 4.69) is 50.2 Å². The normalized spacial score (nSPS) is 16.1. The molecule has 1 aliphatic rings. The highest BCUT2D eigenvalue weighted by atomic mass is 16.2. The molecule has 7 nitrogen and oxygen atoms in total. The number of unbranched alkanes of at least 4 members (excludes halogenated alkanes) is 2. The SMILES string of the molecule is CCNC(=NCCCCCC(=O)N1CCN(C(=O)CC(C)C)CC1)NC(C)CC. The molecule has 0 aromatic heterocycles. The molecule has 1 saturated heterocycles. The summed E-state index contributed by atoms with van der Waals surface area (Å²) in [4.78, 5) is 33.0. The highest BCUT2D eigenvalue weighted by Gasteiger charge is 2.23. The van der Waals surface area contributed by atoms with Crippen LogP contribution in [0.2, 0.25) is 0 Å². The van der Waals surface area contributed by atoms with Crippen LogP contribution in [0.1, 0.15) is 73.1 Å². The van der Waals surface area contributed by atoms with Gasteiger partial charge in [0.1, 0.15) is 0 Å². The fraction of sp³-hybridized carbons (Fsp3) is 0.864. The maximum Gasteiger partial charge on any atom is 0.222 e. The van der Waals surface area contributed by atoms with E-state index in [0.717, 1.165) is 44.7 Å². The van der Waals surface area contributed by atoms with Crippen LogP contribution in [0.25, 0.3) is 0 Å². The summed E-state index contributed by atoms with van der Waals surface area (Å²) in [6.07, 6.45) is 5.14. The number of nitrogens with zero attached hydrogens (tertiary/aromatic N) is 3. The number of carbonyl (C=O) groups is 2. The van der Waals surface area contributed by atoms with Gasteiger partial charge in [0.2, 0.25) is 11.8 Å². The Kier molecular flexibility index (Phi) is 12.4. The lowest BCUT2D eigenvalue weighted by Gasteiger charge is -2.35. The zero-order valence-corrected chi connectivity index (χ0v) is 19.3. The lowest BCUT2D eigenvalue weighted by atomic mass is 10.1. The monoisotopic (exact) mass is 409 g/mol. The van der Waals surface area contributed by atoms with Gasteiger partial charge < -0.3 is 20.4 Å². The van der Waals surface area contributed by atoms with Crippen LogP contribution in [0.5, 0.6) is 0 Å². The number of carbonyl (C=O) groups excluding carboxylic acids is 2. The van der Waals surface area contributed by atoms with Gasteiger partial charge in [0, 0.05) is 58.2 Å². The standard InChI is InChI=1S/C22H43N5O2/c1-6-19(5)25-22(23-7-2)24-12-10-8-9-11-20(28)26-13-15-27(16-14-26)21(29)17-18(3)4/h18-19H,6-17H2,1-5H3,(H2,23,24,25). The molecule has 2 N–H and O–H groups in total. The van der Waals surface area contributed by atoms with E-state index in [9.17, 15) is 9.59 Å². The van der Waals surface area contributed by atoms with Gasteiger partial charge >= 0.3 is 0 Å². The van der Waals surface area contributed by atoms with E-state index in [1.54, 1.807) is 0 Å². The molecule has 1 atom stereocenters. The first-order valence-corrected chi connectivity index (χ1v) is 11.5. The summed E-state index contributed by atoms with van der Waals surface area (Å²) in [5, 5.41) is 6.66. The van der Waals surface area contributed by atoms with Crippen LogP contribution in [0.4, 0.5) is 0 Å². The molecular formula is C22H43N5O2. The van der Waals surface area contributed by atoms with Crippen molar-refractivity contribution in [2.45, 2.75) is 79.2 Å². The van der Waals surface area contributed by atoms with Crippen LogP contribution in [0.3, 0.4) is 0 Å². The van der Waals surface area contributed by atoms with Crippen molar-refractivity contribution in [2.24, 2.45) is 10.9 Å². The van der Waals surface area contributed by atoms with Crippen molar-refractivity contribution in [3.8, 4) is 0 Å². The second-order valence-electron chi connectivity index (χ2n) is 8.38. The van der Waals surface area contributed by atoms with E-state index in [-0.39, 0.29) is 11.8 Å². The number of nitrogens with one attached hydrogen (secondary N) is 2. The minimum Gasteiger partial charge on any atom is -0.357 e. The number of aliphatic imine (C=N–C) groups is 1. The van der Waals surface area contributed by atoms with Gasteiger partial charge in [-0.1, -0.05) is 27.2 Å². The first-order chi connectivity index (χ1) is 13.9. The molecule has 0 aromatic rings. The molecule has 7 heteroatoms. The predicted octanol–water partition coefficient (Wildman–Crippen LogP) is 2.62. The molecule has 1 aliphatic heterocycles. The average molecular weight is 410 g/mol. The molecule has 1 unspecified atom stereocenters. The number of amides is 2. The molecule has 0 spiro atoms. The zero-order valence-electron chi connectivity index (χ0n) is 19.3. The fourth-order valence-electron chi connectivity index (χ4n) is 3.25. The number of rotatable bonds is 11. The number of piperazine rings is 1. The van der Waals surface area contributed by atoms with E-state index in [0.29, 0.717) is 51.0 Å². The van der Waals surface area contributed by atoms with Gasteiger partial charge in [0.05, 0.1) is 0 Å². The van der Waals surface area contributed by atoms with E-state index in [1.807, 2.05) is 9.80 Å². The number of hydrogen-bond donors (Lipinski definition) is 2. The van der Waals surface area contributed by atoms with E-state index >= 15 is 0 Å². The van der Waals surface area contributed by atoms with Crippen LogP contribution >= 0.6 is 0 Å². The molecule has 0 bridgehead atoms. The third-order valence-electron chi connectivity index (χ3n) is 5.23. The third-order valence-corrected chi connectivity index (χ3v) is 5.23. The van der Waals surface area contributed by atoms with Crippen molar-refractivity contribution in [1.29, 1.82) is 0 Å². The molecule has 1 heterocycles. The Bertz CT molecular complexity index is 513. The molecule has 0 aromatic carbocycles. The molecule has 0 saturated carbocycles. The van der Waals surface area contributed by atoms with Crippen molar-refractivity contribution in [3.05, 3.63) is 0 Å². The smallest absolute Gasteiger partial charge is 0.222 e.